The van der Waals surface area contributed by atoms with Gasteiger partial charge in [-0.3, -0.25) is 0 Å². The highest BCUT2D eigenvalue weighted by molar-refractivity contribution is 8.00. The van der Waals surface area contributed by atoms with E-state index in [0.29, 0.717) is 0 Å². The number of aromatic nitrogens is 3. The number of nitriles is 1. The number of nitrogens with zero attached hydrogens (tertiary/aromatic N) is 4. The number of hydrogen-bond acceptors (Lipinski definition) is 4. The smallest absolute Gasteiger partial charge is 0.192 e. The molecule has 0 aliphatic carbocycles. The summed E-state index contributed by atoms with van der Waals surface area (Å²) in [5.74, 6) is 0.853. The van der Waals surface area contributed by atoms with E-state index in [1.54, 1.807) is 0 Å². The van der Waals surface area contributed by atoms with Crippen LogP contribution in [0.2, 0.25) is 0 Å². The van der Waals surface area contributed by atoms with Crippen LogP contribution in [0.4, 0.5) is 0 Å². The van der Waals surface area contributed by atoms with Crippen LogP contribution in [0.5, 0.6) is 0 Å². The molecule has 2 rings (SSSR count). The summed E-state index contributed by atoms with van der Waals surface area (Å²) < 4.78 is 2.04. The minimum absolute atomic E-state index is 0.122. The summed E-state index contributed by atoms with van der Waals surface area (Å²) in [5, 5.41) is 17.9. The first-order chi connectivity index (χ1) is 8.76. The molecule has 0 bridgehead atoms. The summed E-state index contributed by atoms with van der Waals surface area (Å²) in [7, 11) is 0. The van der Waals surface area contributed by atoms with E-state index in [9.17, 15) is 0 Å². The van der Waals surface area contributed by atoms with Gasteiger partial charge in [0.25, 0.3) is 0 Å². The second-order valence-electron chi connectivity index (χ2n) is 3.81. The van der Waals surface area contributed by atoms with Gasteiger partial charge in [-0.25, -0.2) is 0 Å². The van der Waals surface area contributed by atoms with E-state index >= 15 is 0 Å². The molecule has 0 aliphatic heterocycles. The van der Waals surface area contributed by atoms with Crippen molar-refractivity contribution in [3.8, 4) is 17.5 Å². The zero-order valence-electron chi connectivity index (χ0n) is 10.4. The molecular formula is C13H14N4S. The Balaban J connectivity index is 2.37. The highest BCUT2D eigenvalue weighted by Crippen LogP contribution is 2.26. The van der Waals surface area contributed by atoms with Crippen LogP contribution < -0.4 is 0 Å². The number of benzene rings is 1. The van der Waals surface area contributed by atoms with Gasteiger partial charge in [-0.2, -0.15) is 5.26 Å². The van der Waals surface area contributed by atoms with Crippen molar-refractivity contribution >= 4 is 11.8 Å². The Morgan fingerprint density at radius 1 is 1.33 bits per heavy atom. The molecule has 92 valence electrons. The highest BCUT2D eigenvalue weighted by atomic mass is 32.2. The molecule has 0 saturated heterocycles. The fourth-order valence-corrected chi connectivity index (χ4v) is 2.45. The van der Waals surface area contributed by atoms with Gasteiger partial charge in [0.2, 0.25) is 0 Å². The third-order valence-electron chi connectivity index (χ3n) is 2.53. The summed E-state index contributed by atoms with van der Waals surface area (Å²) >= 11 is 1.44. The molecule has 0 radical (unpaired) electrons. The van der Waals surface area contributed by atoms with Gasteiger partial charge in [-0.05, 0) is 13.8 Å². The monoisotopic (exact) mass is 258 g/mol. The molecule has 0 N–H and O–H groups in total. The molecule has 1 atom stereocenters. The molecule has 4 nitrogen and oxygen atoms in total. The van der Waals surface area contributed by atoms with E-state index in [-0.39, 0.29) is 5.25 Å². The number of thioether (sulfide) groups is 1. The predicted octanol–water partition coefficient (Wildman–Crippen LogP) is 2.97. The molecule has 1 unspecified atom stereocenters. The molecule has 1 aromatic carbocycles. The van der Waals surface area contributed by atoms with Gasteiger partial charge in [-0.1, -0.05) is 42.1 Å². The molecule has 0 spiro atoms. The van der Waals surface area contributed by atoms with Crippen LogP contribution in [0.15, 0.2) is 35.5 Å². The Hall–Kier alpha value is -1.80. The zero-order valence-corrected chi connectivity index (χ0v) is 11.2. The minimum atomic E-state index is -0.122. The second kappa shape index (κ2) is 5.69. The minimum Gasteiger partial charge on any atom is -0.302 e. The first kappa shape index (κ1) is 12.7. The van der Waals surface area contributed by atoms with Crippen LogP contribution in [0, 0.1) is 11.3 Å². The van der Waals surface area contributed by atoms with Crippen LogP contribution in [0.3, 0.4) is 0 Å². The van der Waals surface area contributed by atoms with Crippen molar-refractivity contribution in [1.29, 1.82) is 5.26 Å². The maximum absolute atomic E-state index is 8.86. The number of rotatable bonds is 4. The van der Waals surface area contributed by atoms with Gasteiger partial charge < -0.3 is 4.57 Å². The van der Waals surface area contributed by atoms with Crippen LogP contribution >= 0.6 is 11.8 Å². The molecular weight excluding hydrogens is 244 g/mol. The predicted molar refractivity (Wildman–Crippen MR) is 72.1 cm³/mol. The third kappa shape index (κ3) is 2.54. The molecule has 1 heterocycles. The van der Waals surface area contributed by atoms with E-state index in [1.807, 2.05) is 41.8 Å². The van der Waals surface area contributed by atoms with Crippen molar-refractivity contribution in [3.05, 3.63) is 30.3 Å². The molecule has 0 fully saturated rings. The van der Waals surface area contributed by atoms with E-state index in [1.165, 1.54) is 11.8 Å². The van der Waals surface area contributed by atoms with E-state index in [4.69, 9.17) is 5.26 Å². The summed E-state index contributed by atoms with van der Waals surface area (Å²) in [6.45, 7) is 4.70. The van der Waals surface area contributed by atoms with E-state index < -0.39 is 0 Å². The van der Waals surface area contributed by atoms with Gasteiger partial charge in [0.1, 0.15) is 0 Å². The first-order valence-corrected chi connectivity index (χ1v) is 6.69. The lowest BCUT2D eigenvalue weighted by molar-refractivity contribution is 0.687. The van der Waals surface area contributed by atoms with Crippen LogP contribution in [-0.4, -0.2) is 20.0 Å². The molecule has 0 saturated carbocycles. The SMILES string of the molecule is CCn1c(SC(C)C#N)nnc1-c1ccccc1. The Labute approximate surface area is 111 Å². The van der Waals surface area contributed by atoms with Crippen LogP contribution in [0.1, 0.15) is 13.8 Å². The molecule has 1 aromatic heterocycles. The quantitative estimate of drug-likeness (QED) is 0.791. The Morgan fingerprint density at radius 3 is 2.67 bits per heavy atom. The fourth-order valence-electron chi connectivity index (χ4n) is 1.65. The highest BCUT2D eigenvalue weighted by Gasteiger charge is 2.15. The Kier molecular flexibility index (Phi) is 4.00. The topological polar surface area (TPSA) is 54.5 Å². The van der Waals surface area contributed by atoms with Crippen molar-refractivity contribution in [2.45, 2.75) is 30.8 Å². The molecule has 18 heavy (non-hydrogen) atoms. The molecule has 2 aromatic rings. The second-order valence-corrected chi connectivity index (χ2v) is 5.11. The third-order valence-corrected chi connectivity index (χ3v) is 3.50. The lowest BCUT2D eigenvalue weighted by atomic mass is 10.2. The summed E-state index contributed by atoms with van der Waals surface area (Å²) in [4.78, 5) is 0. The van der Waals surface area contributed by atoms with Crippen molar-refractivity contribution in [2.24, 2.45) is 0 Å². The van der Waals surface area contributed by atoms with Crippen LogP contribution in [0.25, 0.3) is 11.4 Å². The lowest BCUT2D eigenvalue weighted by Crippen LogP contribution is -2.02. The van der Waals surface area contributed by atoms with Crippen molar-refractivity contribution in [1.82, 2.24) is 14.8 Å². The van der Waals surface area contributed by atoms with Gasteiger partial charge in [-0.15, -0.1) is 10.2 Å². The first-order valence-electron chi connectivity index (χ1n) is 5.81. The Bertz CT molecular complexity index is 556. The largest absolute Gasteiger partial charge is 0.302 e. The summed E-state index contributed by atoms with van der Waals surface area (Å²) in [5.41, 5.74) is 1.04. The number of hydrogen-bond donors (Lipinski definition) is 0. The fraction of sp³-hybridized carbons (Fsp3) is 0.308. The van der Waals surface area contributed by atoms with Crippen molar-refractivity contribution in [3.63, 3.8) is 0 Å². The molecule has 0 aliphatic rings. The summed E-state index contributed by atoms with van der Waals surface area (Å²) in [6, 6.07) is 12.2. The molecule has 0 amide bonds. The maximum atomic E-state index is 8.86. The average Bonchev–Trinajstić information content (AvgIpc) is 2.82. The van der Waals surface area contributed by atoms with Gasteiger partial charge >= 0.3 is 0 Å². The van der Waals surface area contributed by atoms with Gasteiger partial charge in [0.05, 0.1) is 11.3 Å². The maximum Gasteiger partial charge on any atom is 0.192 e. The van der Waals surface area contributed by atoms with E-state index in [0.717, 1.165) is 23.1 Å². The van der Waals surface area contributed by atoms with E-state index in [2.05, 4.69) is 23.2 Å². The summed E-state index contributed by atoms with van der Waals surface area (Å²) in [6.07, 6.45) is 0. The van der Waals surface area contributed by atoms with Crippen molar-refractivity contribution < 1.29 is 0 Å². The van der Waals surface area contributed by atoms with Gasteiger partial charge in [0, 0.05) is 12.1 Å². The van der Waals surface area contributed by atoms with Crippen molar-refractivity contribution in [2.75, 3.05) is 0 Å². The normalized spacial score (nSPS) is 12.1. The average molecular weight is 258 g/mol. The van der Waals surface area contributed by atoms with Gasteiger partial charge in [0.15, 0.2) is 11.0 Å². The zero-order chi connectivity index (χ0) is 13.0. The standard InChI is InChI=1S/C13H14N4S/c1-3-17-12(11-7-5-4-6-8-11)15-16-13(17)18-10(2)9-14/h4-8,10H,3H2,1-2H3. The lowest BCUT2D eigenvalue weighted by Gasteiger charge is -2.07. The molecule has 5 heteroatoms. The Morgan fingerprint density at radius 2 is 2.06 bits per heavy atom. The van der Waals surface area contributed by atoms with Crippen LogP contribution in [-0.2, 0) is 6.54 Å².